The Hall–Kier alpha value is -1.62. The number of alkyl halides is 3. The molecular formula is C10H14F3N5O2S. The number of hydrogen-bond acceptors (Lipinski definition) is 7. The van der Waals surface area contributed by atoms with E-state index in [4.69, 9.17) is 5.84 Å². The van der Waals surface area contributed by atoms with Crippen LogP contribution in [0.5, 0.6) is 0 Å². The Kier molecular flexibility index (Phi) is 3.97. The fraction of sp³-hybridized carbons (Fsp3) is 0.600. The van der Waals surface area contributed by atoms with Gasteiger partial charge < -0.3 is 4.90 Å². The van der Waals surface area contributed by atoms with Gasteiger partial charge in [-0.1, -0.05) is 0 Å². The highest BCUT2D eigenvalue weighted by molar-refractivity contribution is 7.91. The first-order valence-corrected chi connectivity index (χ1v) is 7.80. The van der Waals surface area contributed by atoms with Crippen molar-refractivity contribution in [2.24, 2.45) is 5.84 Å². The number of nitrogen functional groups attached to an aromatic ring is 1. The SMILES string of the molecule is CN(c1cc(C(F)(F)F)nc(NN)n1)C1CCS(=O)(=O)C1. The van der Waals surface area contributed by atoms with Gasteiger partial charge in [0.05, 0.1) is 11.5 Å². The van der Waals surface area contributed by atoms with Gasteiger partial charge in [-0.15, -0.1) is 0 Å². The summed E-state index contributed by atoms with van der Waals surface area (Å²) < 4.78 is 61.2. The van der Waals surface area contributed by atoms with Gasteiger partial charge in [-0.2, -0.15) is 18.2 Å². The number of sulfone groups is 1. The third-order valence-electron chi connectivity index (χ3n) is 3.25. The van der Waals surface area contributed by atoms with E-state index in [0.29, 0.717) is 6.42 Å². The maximum atomic E-state index is 12.8. The van der Waals surface area contributed by atoms with Crippen LogP contribution in [0.2, 0.25) is 0 Å². The lowest BCUT2D eigenvalue weighted by Gasteiger charge is -2.25. The van der Waals surface area contributed by atoms with E-state index in [1.165, 1.54) is 11.9 Å². The average Bonchev–Trinajstić information content (AvgIpc) is 2.76. The predicted octanol–water partition coefficient (Wildman–Crippen LogP) is 0.404. The molecule has 11 heteroatoms. The van der Waals surface area contributed by atoms with Crippen LogP contribution < -0.4 is 16.2 Å². The van der Waals surface area contributed by atoms with Gasteiger partial charge in [0.15, 0.2) is 15.5 Å². The monoisotopic (exact) mass is 325 g/mol. The molecule has 118 valence electrons. The van der Waals surface area contributed by atoms with Crippen LogP contribution in [0.4, 0.5) is 24.9 Å². The number of hydrazine groups is 1. The number of halogens is 3. The van der Waals surface area contributed by atoms with E-state index in [1.54, 1.807) is 0 Å². The highest BCUT2D eigenvalue weighted by Gasteiger charge is 2.36. The minimum Gasteiger partial charge on any atom is -0.355 e. The number of nitrogens with zero attached hydrogens (tertiary/aromatic N) is 3. The van der Waals surface area contributed by atoms with Crippen molar-refractivity contribution in [2.45, 2.75) is 18.6 Å². The van der Waals surface area contributed by atoms with Crippen molar-refractivity contribution in [1.29, 1.82) is 0 Å². The Morgan fingerprint density at radius 3 is 2.57 bits per heavy atom. The van der Waals surface area contributed by atoms with Crippen molar-refractivity contribution in [2.75, 3.05) is 28.9 Å². The van der Waals surface area contributed by atoms with Crippen molar-refractivity contribution < 1.29 is 21.6 Å². The van der Waals surface area contributed by atoms with Gasteiger partial charge in [0.25, 0.3) is 0 Å². The molecular weight excluding hydrogens is 311 g/mol. The summed E-state index contributed by atoms with van der Waals surface area (Å²) in [6.45, 7) is 0. The Labute approximate surface area is 119 Å². The smallest absolute Gasteiger partial charge is 0.355 e. The molecule has 0 amide bonds. The number of anilines is 2. The quantitative estimate of drug-likeness (QED) is 0.613. The first-order chi connectivity index (χ1) is 9.62. The number of rotatable bonds is 3. The third-order valence-corrected chi connectivity index (χ3v) is 5.00. The van der Waals surface area contributed by atoms with E-state index >= 15 is 0 Å². The lowest BCUT2D eigenvalue weighted by atomic mass is 10.2. The number of nitrogens with two attached hydrogens (primary N) is 1. The summed E-state index contributed by atoms with van der Waals surface area (Å²) in [6, 6.07) is 0.350. The molecule has 1 fully saturated rings. The van der Waals surface area contributed by atoms with Gasteiger partial charge in [-0.05, 0) is 6.42 Å². The van der Waals surface area contributed by atoms with Crippen LogP contribution in [0.1, 0.15) is 12.1 Å². The van der Waals surface area contributed by atoms with Gasteiger partial charge in [0.1, 0.15) is 5.82 Å². The highest BCUT2D eigenvalue weighted by atomic mass is 32.2. The molecule has 0 saturated carbocycles. The molecule has 1 aliphatic rings. The zero-order chi connectivity index (χ0) is 15.8. The van der Waals surface area contributed by atoms with Crippen LogP contribution in [-0.4, -0.2) is 43.0 Å². The largest absolute Gasteiger partial charge is 0.433 e. The maximum Gasteiger partial charge on any atom is 0.433 e. The minimum absolute atomic E-state index is 0.0151. The molecule has 1 unspecified atom stereocenters. The summed E-state index contributed by atoms with van der Waals surface area (Å²) in [5, 5.41) is 0. The van der Waals surface area contributed by atoms with Crippen molar-refractivity contribution >= 4 is 21.6 Å². The first-order valence-electron chi connectivity index (χ1n) is 5.98. The fourth-order valence-corrected chi connectivity index (χ4v) is 3.87. The van der Waals surface area contributed by atoms with E-state index in [0.717, 1.165) is 6.07 Å². The molecule has 0 bridgehead atoms. The van der Waals surface area contributed by atoms with Crippen LogP contribution in [0.15, 0.2) is 6.07 Å². The van der Waals surface area contributed by atoms with Crippen molar-refractivity contribution in [3.63, 3.8) is 0 Å². The van der Waals surface area contributed by atoms with Gasteiger partial charge in [-0.25, -0.2) is 19.2 Å². The molecule has 1 saturated heterocycles. The summed E-state index contributed by atoms with van der Waals surface area (Å²) in [6.07, 6.45) is -4.30. The van der Waals surface area contributed by atoms with E-state index in [9.17, 15) is 21.6 Å². The average molecular weight is 325 g/mol. The normalized spacial score (nSPS) is 21.3. The standard InChI is InChI=1S/C10H14F3N5O2S/c1-18(6-2-3-21(19,20)5-6)8-4-7(10(11,12)13)15-9(16-8)17-14/h4,6H,2-3,5,14H2,1H3,(H,15,16,17). The number of nitrogens with one attached hydrogen (secondary N) is 1. The van der Waals surface area contributed by atoms with Crippen LogP contribution in [-0.2, 0) is 16.0 Å². The predicted molar refractivity (Wildman–Crippen MR) is 70.3 cm³/mol. The fourth-order valence-electron chi connectivity index (χ4n) is 2.09. The molecule has 0 radical (unpaired) electrons. The van der Waals surface area contributed by atoms with Crippen molar-refractivity contribution in [1.82, 2.24) is 9.97 Å². The van der Waals surface area contributed by atoms with Gasteiger partial charge in [0, 0.05) is 19.2 Å². The topological polar surface area (TPSA) is 101 Å². The van der Waals surface area contributed by atoms with Gasteiger partial charge >= 0.3 is 6.18 Å². The Bertz CT molecular complexity index is 634. The lowest BCUT2D eigenvalue weighted by Crippen LogP contribution is -2.34. The zero-order valence-corrected chi connectivity index (χ0v) is 11.9. The molecule has 2 rings (SSSR count). The molecule has 1 aromatic rings. The van der Waals surface area contributed by atoms with Crippen LogP contribution in [0.3, 0.4) is 0 Å². The Morgan fingerprint density at radius 2 is 2.10 bits per heavy atom. The van der Waals surface area contributed by atoms with E-state index in [1.807, 2.05) is 5.43 Å². The first kappa shape index (κ1) is 15.8. The summed E-state index contributed by atoms with van der Waals surface area (Å²) in [5.74, 6) is 4.56. The third kappa shape index (κ3) is 3.53. The number of hydrogen-bond donors (Lipinski definition) is 2. The maximum absolute atomic E-state index is 12.8. The van der Waals surface area contributed by atoms with E-state index in [2.05, 4.69) is 9.97 Å². The zero-order valence-electron chi connectivity index (χ0n) is 11.1. The van der Waals surface area contributed by atoms with Crippen molar-refractivity contribution in [3.8, 4) is 0 Å². The molecule has 0 spiro atoms. The molecule has 1 aliphatic heterocycles. The Morgan fingerprint density at radius 1 is 1.43 bits per heavy atom. The molecule has 0 aromatic carbocycles. The minimum atomic E-state index is -4.65. The van der Waals surface area contributed by atoms with E-state index in [-0.39, 0.29) is 23.3 Å². The van der Waals surface area contributed by atoms with Crippen molar-refractivity contribution in [3.05, 3.63) is 11.8 Å². The van der Waals surface area contributed by atoms with Gasteiger partial charge in [-0.3, -0.25) is 5.43 Å². The molecule has 7 nitrogen and oxygen atoms in total. The number of aromatic nitrogens is 2. The molecule has 21 heavy (non-hydrogen) atoms. The molecule has 1 atom stereocenters. The summed E-state index contributed by atoms with van der Waals surface area (Å²) in [5.41, 5.74) is 0.829. The summed E-state index contributed by atoms with van der Waals surface area (Å²) in [7, 11) is -1.66. The van der Waals surface area contributed by atoms with E-state index < -0.39 is 27.7 Å². The second-order valence-corrected chi connectivity index (χ2v) is 6.97. The lowest BCUT2D eigenvalue weighted by molar-refractivity contribution is -0.141. The van der Waals surface area contributed by atoms with Crippen LogP contribution in [0.25, 0.3) is 0 Å². The molecule has 0 aliphatic carbocycles. The second kappa shape index (κ2) is 5.30. The Balaban J connectivity index is 2.35. The molecule has 2 heterocycles. The summed E-state index contributed by atoms with van der Waals surface area (Å²) >= 11 is 0. The summed E-state index contributed by atoms with van der Waals surface area (Å²) in [4.78, 5) is 8.49. The van der Waals surface area contributed by atoms with Gasteiger partial charge in [0.2, 0.25) is 5.95 Å². The van der Waals surface area contributed by atoms with Crippen LogP contribution >= 0.6 is 0 Å². The highest BCUT2D eigenvalue weighted by Crippen LogP contribution is 2.31. The second-order valence-electron chi connectivity index (χ2n) is 4.74. The molecule has 1 aromatic heterocycles. The van der Waals surface area contributed by atoms with Crippen LogP contribution in [0, 0.1) is 0 Å². The molecule has 3 N–H and O–H groups in total.